The number of aliphatic hydroxyl groups excluding tert-OH is 1. The lowest BCUT2D eigenvalue weighted by Gasteiger charge is -2.07. The molecule has 0 heterocycles. The van der Waals surface area contributed by atoms with Crippen molar-refractivity contribution in [2.24, 2.45) is 0 Å². The summed E-state index contributed by atoms with van der Waals surface area (Å²) in [6.07, 6.45) is 26.3. The third kappa shape index (κ3) is 20.5. The number of alkyl halides is 1. The van der Waals surface area contributed by atoms with Gasteiger partial charge < -0.3 is 10.4 Å². The van der Waals surface area contributed by atoms with Gasteiger partial charge in [0.15, 0.2) is 0 Å². The molecule has 4 heteroatoms. The van der Waals surface area contributed by atoms with Crippen molar-refractivity contribution in [1.82, 2.24) is 5.32 Å². The zero-order valence-electron chi connectivity index (χ0n) is 16.9. The molecule has 0 radical (unpaired) electrons. The minimum absolute atomic E-state index is 0.0142. The van der Waals surface area contributed by atoms with Crippen molar-refractivity contribution in [3.8, 4) is 0 Å². The first kappa shape index (κ1) is 25.3. The van der Waals surface area contributed by atoms with Gasteiger partial charge >= 0.3 is 0 Å². The average molecular weight is 380 g/mol. The van der Waals surface area contributed by atoms with Crippen LogP contribution in [0.25, 0.3) is 0 Å². The minimum Gasteiger partial charge on any atom is -0.389 e. The van der Waals surface area contributed by atoms with Crippen LogP contribution < -0.4 is 5.32 Å². The third-order valence-corrected chi connectivity index (χ3v) is 3.95. The van der Waals surface area contributed by atoms with Crippen LogP contribution in [-0.4, -0.2) is 30.3 Å². The number of allylic oxidation sites excluding steroid dienone is 8. The number of nitrogens with one attached hydrogen (secondary N) is 1. The summed E-state index contributed by atoms with van der Waals surface area (Å²) in [4.78, 5) is 11.4. The van der Waals surface area contributed by atoms with Gasteiger partial charge in [0.05, 0.1) is 6.10 Å². The first-order valence-electron chi connectivity index (χ1n) is 10.3. The fourth-order valence-electron chi connectivity index (χ4n) is 2.32. The number of hydrogen-bond donors (Lipinski definition) is 2. The van der Waals surface area contributed by atoms with Crippen LogP contribution in [0.5, 0.6) is 0 Å². The molecule has 1 unspecified atom stereocenters. The van der Waals surface area contributed by atoms with E-state index in [1.165, 1.54) is 25.7 Å². The number of unbranched alkanes of at least 4 members (excludes halogenated alkanes) is 4. The zero-order valence-corrected chi connectivity index (χ0v) is 16.9. The molecule has 2 N–H and O–H groups in total. The molecule has 0 aromatic heterocycles. The van der Waals surface area contributed by atoms with Gasteiger partial charge in [0, 0.05) is 13.0 Å². The molecule has 1 atom stereocenters. The Kier molecular flexibility index (Phi) is 19.3. The van der Waals surface area contributed by atoms with E-state index in [1.807, 2.05) is 0 Å². The quantitative estimate of drug-likeness (QED) is 0.256. The highest BCUT2D eigenvalue weighted by Crippen LogP contribution is 2.01. The van der Waals surface area contributed by atoms with Crippen LogP contribution in [0.1, 0.15) is 71.1 Å². The van der Waals surface area contributed by atoms with Gasteiger partial charge in [-0.2, -0.15) is 0 Å². The summed E-state index contributed by atoms with van der Waals surface area (Å²) >= 11 is 0. The molecule has 0 aromatic carbocycles. The largest absolute Gasteiger partial charge is 0.389 e. The van der Waals surface area contributed by atoms with Crippen LogP contribution in [0, 0.1) is 0 Å². The minimum atomic E-state index is -1.09. The van der Waals surface area contributed by atoms with E-state index in [9.17, 15) is 9.18 Å². The summed E-state index contributed by atoms with van der Waals surface area (Å²) in [5.74, 6) is -0.140. The van der Waals surface area contributed by atoms with Gasteiger partial charge in [0.25, 0.3) is 0 Å². The maximum absolute atomic E-state index is 12.0. The Labute approximate surface area is 165 Å². The molecule has 0 bridgehead atoms. The summed E-state index contributed by atoms with van der Waals surface area (Å²) in [5.41, 5.74) is 0. The topological polar surface area (TPSA) is 49.3 Å². The van der Waals surface area contributed by atoms with Crippen molar-refractivity contribution in [1.29, 1.82) is 0 Å². The molecule has 27 heavy (non-hydrogen) atoms. The van der Waals surface area contributed by atoms with Gasteiger partial charge in [-0.15, -0.1) is 0 Å². The Bertz CT molecular complexity index is 455. The van der Waals surface area contributed by atoms with Crippen molar-refractivity contribution in [2.75, 3.05) is 13.2 Å². The lowest BCUT2D eigenvalue weighted by molar-refractivity contribution is -0.121. The summed E-state index contributed by atoms with van der Waals surface area (Å²) in [6.45, 7) is 1.38. The van der Waals surface area contributed by atoms with E-state index in [2.05, 4.69) is 60.8 Å². The molecule has 0 aromatic rings. The number of rotatable bonds is 17. The van der Waals surface area contributed by atoms with Crippen LogP contribution in [-0.2, 0) is 4.79 Å². The monoisotopic (exact) mass is 379 g/mol. The third-order valence-electron chi connectivity index (χ3n) is 3.95. The predicted molar refractivity (Wildman–Crippen MR) is 113 cm³/mol. The van der Waals surface area contributed by atoms with Crippen LogP contribution in [0.15, 0.2) is 48.6 Å². The number of carbonyl (C=O) groups is 1. The van der Waals surface area contributed by atoms with Crippen molar-refractivity contribution in [2.45, 2.75) is 77.2 Å². The van der Waals surface area contributed by atoms with E-state index < -0.39 is 12.8 Å². The first-order chi connectivity index (χ1) is 13.2. The molecule has 1 amide bonds. The second kappa shape index (κ2) is 20.6. The van der Waals surface area contributed by atoms with E-state index >= 15 is 0 Å². The second-order valence-electron chi connectivity index (χ2n) is 6.59. The first-order valence-corrected chi connectivity index (χ1v) is 10.3. The molecule has 3 nitrogen and oxygen atoms in total. The fourth-order valence-corrected chi connectivity index (χ4v) is 2.32. The average Bonchev–Trinajstić information content (AvgIpc) is 2.68. The number of amides is 1. The van der Waals surface area contributed by atoms with E-state index in [1.54, 1.807) is 0 Å². The number of halogens is 1. The van der Waals surface area contributed by atoms with Gasteiger partial charge in [-0.3, -0.25) is 4.79 Å². The Hall–Kier alpha value is -1.68. The Morgan fingerprint density at radius 2 is 1.41 bits per heavy atom. The van der Waals surface area contributed by atoms with Crippen LogP contribution in [0.4, 0.5) is 4.39 Å². The van der Waals surface area contributed by atoms with Crippen molar-refractivity contribution >= 4 is 5.91 Å². The second-order valence-corrected chi connectivity index (χ2v) is 6.59. The summed E-state index contributed by atoms with van der Waals surface area (Å²) in [6, 6.07) is 0. The van der Waals surface area contributed by atoms with E-state index in [0.29, 0.717) is 6.42 Å². The Morgan fingerprint density at radius 1 is 0.889 bits per heavy atom. The number of carbonyl (C=O) groups excluding carboxylic acids is 1. The molecular formula is C23H38FNO2. The maximum atomic E-state index is 12.0. The lowest BCUT2D eigenvalue weighted by Crippen LogP contribution is -2.32. The molecule has 0 rings (SSSR count). The molecule has 0 aliphatic rings. The molecule has 154 valence electrons. The molecule has 0 aliphatic carbocycles. The van der Waals surface area contributed by atoms with Crippen molar-refractivity contribution in [3.05, 3.63) is 48.6 Å². The molecule has 0 saturated heterocycles. The van der Waals surface area contributed by atoms with Gasteiger partial charge in [-0.25, -0.2) is 4.39 Å². The van der Waals surface area contributed by atoms with E-state index in [0.717, 1.165) is 32.1 Å². The zero-order chi connectivity index (χ0) is 20.0. The molecular weight excluding hydrogens is 341 g/mol. The van der Waals surface area contributed by atoms with Gasteiger partial charge in [0.2, 0.25) is 5.91 Å². The number of hydrogen-bond acceptors (Lipinski definition) is 2. The summed E-state index contributed by atoms with van der Waals surface area (Å²) in [7, 11) is 0. The fraction of sp³-hybridized carbons (Fsp3) is 0.609. The molecule has 0 spiro atoms. The van der Waals surface area contributed by atoms with Gasteiger partial charge in [0.1, 0.15) is 6.67 Å². The van der Waals surface area contributed by atoms with Crippen LogP contribution in [0.2, 0.25) is 0 Å². The highest BCUT2D eigenvalue weighted by molar-refractivity contribution is 5.75. The highest BCUT2D eigenvalue weighted by atomic mass is 19.1. The molecule has 0 aliphatic heterocycles. The summed E-state index contributed by atoms with van der Waals surface area (Å²) < 4.78 is 12.0. The van der Waals surface area contributed by atoms with Crippen LogP contribution >= 0.6 is 0 Å². The van der Waals surface area contributed by atoms with Crippen LogP contribution in [0.3, 0.4) is 0 Å². The maximum Gasteiger partial charge on any atom is 0.220 e. The van der Waals surface area contributed by atoms with E-state index in [4.69, 9.17) is 5.11 Å². The van der Waals surface area contributed by atoms with Crippen molar-refractivity contribution < 1.29 is 14.3 Å². The Morgan fingerprint density at radius 3 is 1.93 bits per heavy atom. The smallest absolute Gasteiger partial charge is 0.220 e. The number of aliphatic hydroxyl groups is 1. The van der Waals surface area contributed by atoms with Gasteiger partial charge in [-0.1, -0.05) is 68.4 Å². The highest BCUT2D eigenvalue weighted by Gasteiger charge is 2.05. The molecule has 0 saturated carbocycles. The lowest BCUT2D eigenvalue weighted by atomic mass is 10.2. The normalized spacial score (nSPS) is 13.4. The predicted octanol–water partition coefficient (Wildman–Crippen LogP) is 5.58. The van der Waals surface area contributed by atoms with Gasteiger partial charge in [-0.05, 0) is 44.9 Å². The Balaban J connectivity index is 3.49. The van der Waals surface area contributed by atoms with Crippen molar-refractivity contribution in [3.63, 3.8) is 0 Å². The standard InChI is InChI=1S/C23H38FNO2/c1-2-3-4-5-6-7-8-9-10-11-12-13-14-15-16-17-18-19-23(27)25-21-22(26)20-24/h6-7,9-10,12-13,15-16,22,26H,2-5,8,11,14,17-21H2,1H3,(H,25,27)/b7-6+,10-9+,13-12+,16-15+. The molecule has 0 fully saturated rings. The summed E-state index contributed by atoms with van der Waals surface area (Å²) in [5, 5.41) is 11.5. The van der Waals surface area contributed by atoms with E-state index in [-0.39, 0.29) is 12.5 Å². The SMILES string of the molecule is CCCCC/C=C/C/C=C/C/C=C/C/C=C/CCCC(=O)NCC(O)CF.